The molecule has 1 amide bonds. The van der Waals surface area contributed by atoms with Crippen LogP contribution < -0.4 is 14.8 Å². The molecule has 2 aliphatic rings. The van der Waals surface area contributed by atoms with E-state index in [2.05, 4.69) is 24.0 Å². The van der Waals surface area contributed by atoms with Gasteiger partial charge in [-0.1, -0.05) is 12.1 Å². The molecule has 3 heterocycles. The Morgan fingerprint density at radius 2 is 1.82 bits per heavy atom. The van der Waals surface area contributed by atoms with Crippen LogP contribution in [-0.4, -0.2) is 92.4 Å². The van der Waals surface area contributed by atoms with Crippen molar-refractivity contribution in [3.05, 3.63) is 47.2 Å². The smallest absolute Gasteiger partial charge is 0.303 e. The molecule has 10 nitrogen and oxygen atoms in total. The topological polar surface area (TPSA) is 119 Å². The summed E-state index contributed by atoms with van der Waals surface area (Å²) in [6, 6.07) is 9.73. The highest BCUT2D eigenvalue weighted by atomic mass is 32.1. The van der Waals surface area contributed by atoms with Gasteiger partial charge in [0.05, 0.1) is 51.6 Å². The Labute approximate surface area is 266 Å². The number of thiol groups is 1. The van der Waals surface area contributed by atoms with Crippen molar-refractivity contribution in [1.82, 2.24) is 9.88 Å². The summed E-state index contributed by atoms with van der Waals surface area (Å²) < 4.78 is 22.3. The number of ether oxygens (including phenoxy) is 4. The van der Waals surface area contributed by atoms with Crippen LogP contribution in [0.4, 0.5) is 5.82 Å². The van der Waals surface area contributed by atoms with Crippen molar-refractivity contribution < 1.29 is 33.6 Å². The van der Waals surface area contributed by atoms with Crippen LogP contribution in [0, 0.1) is 5.92 Å². The number of nitrogens with one attached hydrogen (secondary N) is 1. The summed E-state index contributed by atoms with van der Waals surface area (Å²) >= 11 is 4.10. The van der Waals surface area contributed by atoms with E-state index in [1.165, 1.54) is 5.56 Å². The molecule has 2 unspecified atom stereocenters. The van der Waals surface area contributed by atoms with Gasteiger partial charge in [0.1, 0.15) is 12.4 Å². The number of aromatic nitrogens is 1. The van der Waals surface area contributed by atoms with E-state index in [9.17, 15) is 14.7 Å². The molecular weight excluding hydrogens is 582 g/mol. The molecule has 1 aromatic heterocycles. The average molecular weight is 630 g/mol. The predicted molar refractivity (Wildman–Crippen MR) is 172 cm³/mol. The predicted octanol–water partition coefficient (Wildman–Crippen LogP) is 4.78. The number of amides is 1. The fraction of sp³-hybridized carbons (Fsp3) is 0.606. The van der Waals surface area contributed by atoms with E-state index in [4.69, 9.17) is 23.9 Å². The third-order valence-electron chi connectivity index (χ3n) is 8.45. The molecule has 4 rings (SSSR count). The zero-order chi connectivity index (χ0) is 31.3. The Balaban J connectivity index is 1.29. The number of carbonyl (C=O) groups excluding carboxylic acids is 1. The number of fused-ring (bicyclic) bond motifs is 1. The van der Waals surface area contributed by atoms with Gasteiger partial charge in [-0.05, 0) is 80.2 Å². The van der Waals surface area contributed by atoms with E-state index < -0.39 is 5.97 Å². The number of rotatable bonds is 17. The van der Waals surface area contributed by atoms with Crippen LogP contribution in [-0.2, 0) is 25.5 Å². The van der Waals surface area contributed by atoms with Gasteiger partial charge in [0, 0.05) is 25.4 Å². The fourth-order valence-electron chi connectivity index (χ4n) is 5.98. The lowest BCUT2D eigenvalue weighted by Gasteiger charge is -2.35. The molecule has 0 bridgehead atoms. The van der Waals surface area contributed by atoms with Crippen molar-refractivity contribution >= 4 is 30.3 Å². The number of likely N-dealkylation sites (tertiary alicyclic amines) is 1. The molecule has 2 atom stereocenters. The number of anilines is 1. The molecule has 11 heteroatoms. The number of hydrogen-bond acceptors (Lipinski definition) is 9. The Hall–Kier alpha value is -3.02. The molecule has 1 aromatic carbocycles. The van der Waals surface area contributed by atoms with Crippen LogP contribution in [0.1, 0.15) is 67.7 Å². The van der Waals surface area contributed by atoms with E-state index in [1.54, 1.807) is 7.11 Å². The third kappa shape index (κ3) is 9.74. The Morgan fingerprint density at radius 3 is 2.55 bits per heavy atom. The molecule has 2 aromatic rings. The minimum Gasteiger partial charge on any atom is -0.493 e. The fourth-order valence-corrected chi connectivity index (χ4v) is 6.11. The van der Waals surface area contributed by atoms with E-state index in [0.717, 1.165) is 55.7 Å². The Bertz CT molecular complexity index is 1220. The number of piperidine rings is 1. The van der Waals surface area contributed by atoms with E-state index in [1.807, 2.05) is 36.1 Å². The standard InChI is InChI=1S/C33H47N3O7S/c1-23(28-7-5-25-4-3-11-34-32(25)35-28)33(39)36-12-9-24(10-13-36)20-27(22-31(37)38)26-6-8-29(30(21-26)40-2)43-17-16-41-14-15-42-18-19-44/h5-8,21,23-24,27,44H,3-4,9-20,22H2,1-2H3,(H,34,35)(H,37,38). The van der Waals surface area contributed by atoms with Crippen molar-refractivity contribution in [3.8, 4) is 11.5 Å². The first-order chi connectivity index (χ1) is 21.4. The van der Waals surface area contributed by atoms with Gasteiger partial charge in [0.2, 0.25) is 5.91 Å². The molecule has 0 spiro atoms. The number of aliphatic carboxylic acids is 1. The van der Waals surface area contributed by atoms with Gasteiger partial charge in [-0.25, -0.2) is 4.98 Å². The van der Waals surface area contributed by atoms with Gasteiger partial charge in [-0.15, -0.1) is 0 Å². The summed E-state index contributed by atoms with van der Waals surface area (Å²) in [5, 5.41) is 13.1. The van der Waals surface area contributed by atoms with Gasteiger partial charge in [-0.2, -0.15) is 12.6 Å². The summed E-state index contributed by atoms with van der Waals surface area (Å²) in [4.78, 5) is 31.9. The van der Waals surface area contributed by atoms with Crippen molar-refractivity contribution in [2.24, 2.45) is 5.92 Å². The molecule has 44 heavy (non-hydrogen) atoms. The lowest BCUT2D eigenvalue weighted by Crippen LogP contribution is -2.41. The molecule has 2 aliphatic heterocycles. The summed E-state index contributed by atoms with van der Waals surface area (Å²) in [6.45, 7) is 6.54. The minimum atomic E-state index is -0.835. The number of hydrogen-bond donors (Lipinski definition) is 3. The second kappa shape index (κ2) is 17.5. The highest BCUT2D eigenvalue weighted by molar-refractivity contribution is 7.80. The van der Waals surface area contributed by atoms with Crippen molar-refractivity contribution in [2.75, 3.05) is 70.8 Å². The number of benzene rings is 1. The first-order valence-electron chi connectivity index (χ1n) is 15.7. The monoisotopic (exact) mass is 629 g/mol. The zero-order valence-electron chi connectivity index (χ0n) is 26.0. The summed E-state index contributed by atoms with van der Waals surface area (Å²) in [5.41, 5.74) is 2.92. The van der Waals surface area contributed by atoms with Crippen LogP contribution in [0.15, 0.2) is 30.3 Å². The lowest BCUT2D eigenvalue weighted by atomic mass is 9.82. The summed E-state index contributed by atoms with van der Waals surface area (Å²) in [5.74, 6) is 1.84. The highest BCUT2D eigenvalue weighted by Crippen LogP contribution is 2.37. The van der Waals surface area contributed by atoms with Crippen LogP contribution >= 0.6 is 12.6 Å². The van der Waals surface area contributed by atoms with Crippen molar-refractivity contribution in [1.29, 1.82) is 0 Å². The second-order valence-corrected chi connectivity index (χ2v) is 11.9. The van der Waals surface area contributed by atoms with Crippen molar-refractivity contribution in [3.63, 3.8) is 0 Å². The Morgan fingerprint density at radius 1 is 1.07 bits per heavy atom. The van der Waals surface area contributed by atoms with E-state index in [-0.39, 0.29) is 24.2 Å². The van der Waals surface area contributed by atoms with Gasteiger partial charge < -0.3 is 34.3 Å². The normalized spacial score (nSPS) is 16.5. The van der Waals surface area contributed by atoms with Gasteiger partial charge in [-0.3, -0.25) is 9.59 Å². The minimum absolute atomic E-state index is 0.0285. The number of methoxy groups -OCH3 is 1. The SMILES string of the molecule is COc1cc(C(CC(=O)O)CC2CCN(C(=O)C(C)c3ccc4c(n3)NCCC4)CC2)ccc1OCCOCCOCCS. The maximum Gasteiger partial charge on any atom is 0.303 e. The van der Waals surface area contributed by atoms with Gasteiger partial charge in [0.15, 0.2) is 11.5 Å². The molecular formula is C33H47N3O7S. The zero-order valence-corrected chi connectivity index (χ0v) is 26.9. The molecule has 1 fully saturated rings. The van der Waals surface area contributed by atoms with Crippen LogP contribution in [0.2, 0.25) is 0 Å². The number of nitrogens with zero attached hydrogens (tertiary/aromatic N) is 2. The lowest BCUT2D eigenvalue weighted by molar-refractivity contribution is -0.137. The maximum atomic E-state index is 13.4. The van der Waals surface area contributed by atoms with Crippen LogP contribution in [0.5, 0.6) is 11.5 Å². The van der Waals surface area contributed by atoms with E-state index in [0.29, 0.717) is 69.3 Å². The highest BCUT2D eigenvalue weighted by Gasteiger charge is 2.30. The van der Waals surface area contributed by atoms with Crippen LogP contribution in [0.25, 0.3) is 0 Å². The van der Waals surface area contributed by atoms with Crippen LogP contribution in [0.3, 0.4) is 0 Å². The molecule has 2 N–H and O–H groups in total. The average Bonchev–Trinajstić information content (AvgIpc) is 3.05. The largest absolute Gasteiger partial charge is 0.493 e. The van der Waals surface area contributed by atoms with Crippen molar-refractivity contribution in [2.45, 2.75) is 57.3 Å². The van der Waals surface area contributed by atoms with E-state index >= 15 is 0 Å². The number of aryl methyl sites for hydroxylation is 1. The molecule has 1 saturated heterocycles. The first-order valence-corrected chi connectivity index (χ1v) is 16.3. The number of pyridine rings is 1. The number of carboxylic acids is 1. The molecule has 0 radical (unpaired) electrons. The number of carbonyl (C=O) groups is 2. The maximum absolute atomic E-state index is 13.4. The second-order valence-electron chi connectivity index (χ2n) is 11.5. The van der Waals surface area contributed by atoms with Gasteiger partial charge >= 0.3 is 5.97 Å². The number of carboxylic acid groups (broad SMARTS) is 1. The third-order valence-corrected chi connectivity index (χ3v) is 8.63. The quantitative estimate of drug-likeness (QED) is 0.168. The Kier molecular flexibility index (Phi) is 13.4. The summed E-state index contributed by atoms with van der Waals surface area (Å²) in [7, 11) is 1.58. The summed E-state index contributed by atoms with van der Waals surface area (Å²) in [6.07, 6.45) is 4.55. The first kappa shape index (κ1) is 33.9. The van der Waals surface area contributed by atoms with Gasteiger partial charge in [0.25, 0.3) is 0 Å². The molecule has 0 aliphatic carbocycles. The molecule has 242 valence electrons. The molecule has 0 saturated carbocycles.